The molecule has 0 aromatic heterocycles. The van der Waals surface area contributed by atoms with Crippen LogP contribution in [0.3, 0.4) is 0 Å². The topological polar surface area (TPSA) is 86.6 Å². The Morgan fingerprint density at radius 3 is 2.67 bits per heavy atom. The van der Waals surface area contributed by atoms with E-state index in [0.717, 1.165) is 0 Å². The van der Waals surface area contributed by atoms with E-state index in [9.17, 15) is 14.7 Å². The smallest absolute Gasteiger partial charge is 0.303 e. The van der Waals surface area contributed by atoms with Crippen LogP contribution in [0.4, 0.5) is 0 Å². The van der Waals surface area contributed by atoms with E-state index < -0.39 is 5.97 Å². The van der Waals surface area contributed by atoms with Gasteiger partial charge in [-0.2, -0.15) is 0 Å². The Kier molecular flexibility index (Phi) is 4.71. The van der Waals surface area contributed by atoms with Crippen molar-refractivity contribution in [2.24, 2.45) is 5.92 Å². The number of phenols is 1. The highest BCUT2D eigenvalue weighted by Gasteiger charge is 2.13. The summed E-state index contributed by atoms with van der Waals surface area (Å²) in [4.78, 5) is 22.3. The second kappa shape index (κ2) is 6.05. The molecule has 1 aromatic carbocycles. The number of carbonyl (C=O) groups excluding carboxylic acids is 1. The molecule has 1 atom stereocenters. The van der Waals surface area contributed by atoms with Crippen LogP contribution < -0.4 is 5.32 Å². The first-order chi connectivity index (χ1) is 8.41. The van der Waals surface area contributed by atoms with Gasteiger partial charge in [-0.3, -0.25) is 9.59 Å². The Morgan fingerprint density at radius 2 is 2.06 bits per heavy atom. The molecule has 5 nitrogen and oxygen atoms in total. The van der Waals surface area contributed by atoms with Crippen molar-refractivity contribution in [2.75, 3.05) is 6.54 Å². The standard InChI is InChI=1S/C13H17NO4/c1-8(6-12(16)17)7-14-13(18)10-4-3-5-11(15)9(10)2/h3-5,8,15H,6-7H2,1-2H3,(H,14,18)(H,16,17). The normalized spacial score (nSPS) is 11.9. The molecule has 1 amide bonds. The summed E-state index contributed by atoms with van der Waals surface area (Å²) in [7, 11) is 0. The van der Waals surface area contributed by atoms with Crippen molar-refractivity contribution < 1.29 is 19.8 Å². The van der Waals surface area contributed by atoms with Crippen LogP contribution in [0.15, 0.2) is 18.2 Å². The summed E-state index contributed by atoms with van der Waals surface area (Å²) >= 11 is 0. The molecule has 0 fully saturated rings. The van der Waals surface area contributed by atoms with E-state index in [1.165, 1.54) is 6.07 Å². The van der Waals surface area contributed by atoms with Crippen molar-refractivity contribution in [2.45, 2.75) is 20.3 Å². The summed E-state index contributed by atoms with van der Waals surface area (Å²) in [6.45, 7) is 3.70. The zero-order valence-electron chi connectivity index (χ0n) is 10.4. The van der Waals surface area contributed by atoms with Crippen molar-refractivity contribution in [1.82, 2.24) is 5.32 Å². The first kappa shape index (κ1) is 14.0. The van der Waals surface area contributed by atoms with Crippen molar-refractivity contribution in [3.8, 4) is 5.75 Å². The third-order valence-electron chi connectivity index (χ3n) is 2.68. The van der Waals surface area contributed by atoms with Crippen molar-refractivity contribution in [3.05, 3.63) is 29.3 Å². The maximum Gasteiger partial charge on any atom is 0.303 e. The molecule has 0 radical (unpaired) electrons. The molecule has 0 aliphatic rings. The van der Waals surface area contributed by atoms with Gasteiger partial charge in [-0.05, 0) is 25.0 Å². The fraction of sp³-hybridized carbons (Fsp3) is 0.385. The number of carboxylic acids is 1. The Hall–Kier alpha value is -2.04. The lowest BCUT2D eigenvalue weighted by atomic mass is 10.1. The monoisotopic (exact) mass is 251 g/mol. The highest BCUT2D eigenvalue weighted by atomic mass is 16.4. The molecule has 0 saturated carbocycles. The number of carbonyl (C=O) groups is 2. The van der Waals surface area contributed by atoms with Gasteiger partial charge in [0.2, 0.25) is 0 Å². The summed E-state index contributed by atoms with van der Waals surface area (Å²) in [6.07, 6.45) is 0.0132. The second-order valence-electron chi connectivity index (χ2n) is 4.36. The number of amides is 1. The van der Waals surface area contributed by atoms with Crippen molar-refractivity contribution >= 4 is 11.9 Å². The van der Waals surface area contributed by atoms with Gasteiger partial charge in [-0.25, -0.2) is 0 Å². The van der Waals surface area contributed by atoms with E-state index in [-0.39, 0.29) is 24.0 Å². The molecule has 1 aromatic rings. The summed E-state index contributed by atoms with van der Waals surface area (Å²) < 4.78 is 0. The van der Waals surface area contributed by atoms with Crippen LogP contribution in [-0.4, -0.2) is 28.6 Å². The van der Waals surface area contributed by atoms with Gasteiger partial charge in [0.05, 0.1) is 0 Å². The van der Waals surface area contributed by atoms with Crippen LogP contribution >= 0.6 is 0 Å². The average Bonchev–Trinajstić information content (AvgIpc) is 2.29. The lowest BCUT2D eigenvalue weighted by molar-refractivity contribution is -0.137. The van der Waals surface area contributed by atoms with E-state index >= 15 is 0 Å². The molecule has 0 bridgehead atoms. The van der Waals surface area contributed by atoms with Crippen LogP contribution in [0.1, 0.15) is 29.3 Å². The van der Waals surface area contributed by atoms with E-state index in [0.29, 0.717) is 17.7 Å². The van der Waals surface area contributed by atoms with Gasteiger partial charge in [0.15, 0.2) is 0 Å². The van der Waals surface area contributed by atoms with Gasteiger partial charge >= 0.3 is 5.97 Å². The first-order valence-corrected chi connectivity index (χ1v) is 5.70. The molecule has 98 valence electrons. The third kappa shape index (κ3) is 3.76. The summed E-state index contributed by atoms with van der Waals surface area (Å²) in [6, 6.07) is 4.73. The van der Waals surface area contributed by atoms with Crippen molar-refractivity contribution in [1.29, 1.82) is 0 Å². The van der Waals surface area contributed by atoms with Gasteiger partial charge in [0, 0.05) is 24.1 Å². The molecular weight excluding hydrogens is 234 g/mol. The average molecular weight is 251 g/mol. The number of aromatic hydroxyl groups is 1. The zero-order valence-corrected chi connectivity index (χ0v) is 10.4. The minimum atomic E-state index is -0.884. The molecule has 5 heteroatoms. The van der Waals surface area contributed by atoms with E-state index in [2.05, 4.69) is 5.32 Å². The van der Waals surface area contributed by atoms with Crippen LogP contribution in [0.25, 0.3) is 0 Å². The minimum absolute atomic E-state index is 0.0132. The molecule has 1 unspecified atom stereocenters. The number of carboxylic acid groups (broad SMARTS) is 1. The number of rotatable bonds is 5. The largest absolute Gasteiger partial charge is 0.508 e. The summed E-state index contributed by atoms with van der Waals surface area (Å²) in [5.41, 5.74) is 0.915. The van der Waals surface area contributed by atoms with E-state index in [1.54, 1.807) is 26.0 Å². The Bertz CT molecular complexity index is 456. The second-order valence-corrected chi connectivity index (χ2v) is 4.36. The fourth-order valence-corrected chi connectivity index (χ4v) is 1.60. The maximum atomic E-state index is 11.8. The van der Waals surface area contributed by atoms with Crippen LogP contribution in [-0.2, 0) is 4.79 Å². The maximum absolute atomic E-state index is 11.8. The van der Waals surface area contributed by atoms with Crippen LogP contribution in [0, 0.1) is 12.8 Å². The number of benzene rings is 1. The van der Waals surface area contributed by atoms with Crippen molar-refractivity contribution in [3.63, 3.8) is 0 Å². The van der Waals surface area contributed by atoms with Gasteiger partial charge in [-0.1, -0.05) is 13.0 Å². The number of hydrogen-bond donors (Lipinski definition) is 3. The Labute approximate surface area is 105 Å². The molecule has 0 spiro atoms. The predicted octanol–water partition coefficient (Wildman–Crippen LogP) is 1.54. The van der Waals surface area contributed by atoms with Crippen LogP contribution in [0.5, 0.6) is 5.75 Å². The van der Waals surface area contributed by atoms with Gasteiger partial charge in [0.1, 0.15) is 5.75 Å². The quantitative estimate of drug-likeness (QED) is 0.740. The summed E-state index contributed by atoms with van der Waals surface area (Å²) in [5, 5.41) is 20.7. The van der Waals surface area contributed by atoms with Gasteiger partial charge in [-0.15, -0.1) is 0 Å². The molecule has 0 aliphatic heterocycles. The third-order valence-corrected chi connectivity index (χ3v) is 2.68. The number of nitrogens with one attached hydrogen (secondary N) is 1. The molecule has 0 aliphatic carbocycles. The minimum Gasteiger partial charge on any atom is -0.508 e. The Morgan fingerprint density at radius 1 is 1.39 bits per heavy atom. The highest BCUT2D eigenvalue weighted by Crippen LogP contribution is 2.19. The SMILES string of the molecule is Cc1c(O)cccc1C(=O)NCC(C)CC(=O)O. The lowest BCUT2D eigenvalue weighted by Crippen LogP contribution is -2.29. The molecular formula is C13H17NO4. The molecule has 3 N–H and O–H groups in total. The number of phenolic OH excluding ortho intramolecular Hbond substituents is 1. The van der Waals surface area contributed by atoms with E-state index in [1.807, 2.05) is 0 Å². The van der Waals surface area contributed by atoms with E-state index in [4.69, 9.17) is 5.11 Å². The number of aliphatic carboxylic acids is 1. The lowest BCUT2D eigenvalue weighted by Gasteiger charge is -2.12. The Balaban J connectivity index is 2.61. The molecule has 0 saturated heterocycles. The van der Waals surface area contributed by atoms with Gasteiger partial charge in [0.25, 0.3) is 5.91 Å². The zero-order chi connectivity index (χ0) is 13.7. The molecule has 1 rings (SSSR count). The molecule has 0 heterocycles. The van der Waals surface area contributed by atoms with Crippen LogP contribution in [0.2, 0.25) is 0 Å². The fourth-order valence-electron chi connectivity index (χ4n) is 1.60. The number of hydrogen-bond acceptors (Lipinski definition) is 3. The predicted molar refractivity (Wildman–Crippen MR) is 66.6 cm³/mol. The van der Waals surface area contributed by atoms with Gasteiger partial charge < -0.3 is 15.5 Å². The summed E-state index contributed by atoms with van der Waals surface area (Å²) in [5.74, 6) is -1.25. The first-order valence-electron chi connectivity index (χ1n) is 5.70. The highest BCUT2D eigenvalue weighted by molar-refractivity contribution is 5.96. The molecule has 18 heavy (non-hydrogen) atoms.